The van der Waals surface area contributed by atoms with Crippen LogP contribution in [0, 0.1) is 0 Å². The second-order valence-corrected chi connectivity index (χ2v) is 11.0. The van der Waals surface area contributed by atoms with Gasteiger partial charge in [0, 0.05) is 28.0 Å². The second-order valence-electron chi connectivity index (χ2n) is 9.58. The molecule has 1 aliphatic rings. The summed E-state index contributed by atoms with van der Waals surface area (Å²) in [7, 11) is 0. The Labute approximate surface area is 223 Å². The molecule has 6 heteroatoms. The Bertz CT molecular complexity index is 1170. The van der Waals surface area contributed by atoms with Crippen LogP contribution in [0.3, 0.4) is 0 Å². The van der Waals surface area contributed by atoms with Gasteiger partial charge in [-0.1, -0.05) is 56.1 Å². The van der Waals surface area contributed by atoms with Crippen LogP contribution >= 0.6 is 22.9 Å². The highest BCUT2D eigenvalue weighted by atomic mass is 35.5. The van der Waals surface area contributed by atoms with E-state index in [4.69, 9.17) is 11.6 Å². The minimum atomic E-state index is -0.170. The zero-order valence-electron chi connectivity index (χ0n) is 21.4. The van der Waals surface area contributed by atoms with Crippen molar-refractivity contribution in [2.24, 2.45) is 0 Å². The lowest BCUT2D eigenvalue weighted by Gasteiger charge is -2.38. The first-order chi connectivity index (χ1) is 17.4. The molecule has 0 N–H and O–H groups in total. The van der Waals surface area contributed by atoms with E-state index in [0.29, 0.717) is 17.1 Å². The number of hydrogen-bond donors (Lipinski definition) is 0. The lowest BCUT2D eigenvalue weighted by Crippen LogP contribution is -2.49. The van der Waals surface area contributed by atoms with Crippen LogP contribution in [0.1, 0.15) is 78.0 Å². The molecule has 0 saturated carbocycles. The fraction of sp³-hybridized carbons (Fsp3) is 0.400. The number of carbonyl (C=O) groups is 2. The van der Waals surface area contributed by atoms with Gasteiger partial charge in [0.15, 0.2) is 0 Å². The standard InChI is InChI=1S/C30H35ClN2O2S/c1-4-6-7-22-8-10-24(11-9-22)30(35)33(21(3)5-2)20-28(34)32-18-16-27-26(17-19-36-27)29(32)23-12-14-25(31)15-13-23/h8-15,17,19,21,29H,4-7,16,18,20H2,1-3H3/t21-,29+/m1/s1. The smallest absolute Gasteiger partial charge is 0.254 e. The Morgan fingerprint density at radius 2 is 1.81 bits per heavy atom. The highest BCUT2D eigenvalue weighted by Crippen LogP contribution is 2.38. The van der Waals surface area contributed by atoms with E-state index < -0.39 is 0 Å². The van der Waals surface area contributed by atoms with E-state index in [-0.39, 0.29) is 30.4 Å². The van der Waals surface area contributed by atoms with Gasteiger partial charge in [-0.3, -0.25) is 9.59 Å². The van der Waals surface area contributed by atoms with Crippen LogP contribution in [0.4, 0.5) is 0 Å². The van der Waals surface area contributed by atoms with Gasteiger partial charge in [-0.15, -0.1) is 11.3 Å². The second kappa shape index (κ2) is 12.1. The van der Waals surface area contributed by atoms with E-state index in [9.17, 15) is 9.59 Å². The molecule has 0 radical (unpaired) electrons. The van der Waals surface area contributed by atoms with Crippen molar-refractivity contribution in [3.05, 3.63) is 92.1 Å². The van der Waals surface area contributed by atoms with Crippen molar-refractivity contribution in [1.82, 2.24) is 9.80 Å². The van der Waals surface area contributed by atoms with Gasteiger partial charge in [-0.25, -0.2) is 0 Å². The van der Waals surface area contributed by atoms with Crippen LogP contribution < -0.4 is 0 Å². The minimum Gasteiger partial charge on any atom is -0.330 e. The normalized spacial score (nSPS) is 15.9. The molecule has 0 unspecified atom stereocenters. The number of carbonyl (C=O) groups excluding carboxylic acids is 2. The van der Waals surface area contributed by atoms with Gasteiger partial charge in [-0.05, 0) is 85.0 Å². The number of aryl methyl sites for hydroxylation is 1. The first kappa shape index (κ1) is 26.4. The highest BCUT2D eigenvalue weighted by Gasteiger charge is 2.34. The Morgan fingerprint density at radius 3 is 2.47 bits per heavy atom. The summed E-state index contributed by atoms with van der Waals surface area (Å²) in [6.45, 7) is 6.95. The Kier molecular flexibility index (Phi) is 8.86. The van der Waals surface area contributed by atoms with Crippen molar-refractivity contribution in [1.29, 1.82) is 0 Å². The van der Waals surface area contributed by atoms with E-state index >= 15 is 0 Å². The SMILES string of the molecule is CCCCc1ccc(C(=O)N(CC(=O)N2CCc3sccc3[C@@H]2c2ccc(Cl)cc2)[C@H](C)CC)cc1. The lowest BCUT2D eigenvalue weighted by atomic mass is 9.93. The number of halogens is 1. The first-order valence-electron chi connectivity index (χ1n) is 12.9. The monoisotopic (exact) mass is 522 g/mol. The van der Waals surface area contributed by atoms with Crippen LogP contribution in [-0.2, 0) is 17.6 Å². The number of amides is 2. The topological polar surface area (TPSA) is 40.6 Å². The van der Waals surface area contributed by atoms with Gasteiger partial charge in [-0.2, -0.15) is 0 Å². The van der Waals surface area contributed by atoms with Crippen molar-refractivity contribution >= 4 is 34.8 Å². The molecule has 0 saturated heterocycles. The molecule has 1 aromatic heterocycles. The predicted octanol–water partition coefficient (Wildman–Crippen LogP) is 7.16. The maximum absolute atomic E-state index is 13.8. The van der Waals surface area contributed by atoms with Crippen LogP contribution in [-0.4, -0.2) is 40.7 Å². The number of rotatable bonds is 9. The van der Waals surface area contributed by atoms with E-state index in [1.54, 1.807) is 16.2 Å². The summed E-state index contributed by atoms with van der Waals surface area (Å²) in [5.74, 6) is -0.115. The fourth-order valence-corrected chi connectivity index (χ4v) is 5.86. The maximum Gasteiger partial charge on any atom is 0.254 e. The van der Waals surface area contributed by atoms with Gasteiger partial charge >= 0.3 is 0 Å². The summed E-state index contributed by atoms with van der Waals surface area (Å²) < 4.78 is 0. The summed E-state index contributed by atoms with van der Waals surface area (Å²) in [6.07, 6.45) is 4.91. The molecule has 0 bridgehead atoms. The summed E-state index contributed by atoms with van der Waals surface area (Å²) in [5, 5.41) is 2.77. The highest BCUT2D eigenvalue weighted by molar-refractivity contribution is 7.10. The van der Waals surface area contributed by atoms with Crippen LogP contribution in [0.15, 0.2) is 60.0 Å². The van der Waals surface area contributed by atoms with E-state index in [0.717, 1.165) is 37.7 Å². The van der Waals surface area contributed by atoms with Gasteiger partial charge < -0.3 is 9.80 Å². The number of thiophene rings is 1. The summed E-state index contributed by atoms with van der Waals surface area (Å²) >= 11 is 7.90. The third-order valence-corrected chi connectivity index (χ3v) is 8.43. The molecule has 3 aromatic rings. The average Bonchev–Trinajstić information content (AvgIpc) is 3.39. The third-order valence-electron chi connectivity index (χ3n) is 7.18. The zero-order chi connectivity index (χ0) is 25.7. The third kappa shape index (κ3) is 5.84. The van der Waals surface area contributed by atoms with Crippen molar-refractivity contribution < 1.29 is 9.59 Å². The Hall–Kier alpha value is -2.63. The quantitative estimate of drug-likeness (QED) is 0.299. The minimum absolute atomic E-state index is 0.0278. The maximum atomic E-state index is 13.8. The molecule has 1 aliphatic heterocycles. The van der Waals surface area contributed by atoms with Crippen molar-refractivity contribution in [3.63, 3.8) is 0 Å². The number of fused-ring (bicyclic) bond motifs is 1. The van der Waals surface area contributed by atoms with Crippen molar-refractivity contribution in [3.8, 4) is 0 Å². The molecule has 2 atom stereocenters. The molecular weight excluding hydrogens is 488 g/mol. The molecule has 0 spiro atoms. The summed E-state index contributed by atoms with van der Waals surface area (Å²) in [5.41, 5.74) is 4.09. The van der Waals surface area contributed by atoms with Crippen LogP contribution in [0.2, 0.25) is 5.02 Å². The van der Waals surface area contributed by atoms with Crippen LogP contribution in [0.5, 0.6) is 0 Å². The first-order valence-corrected chi connectivity index (χ1v) is 14.2. The molecule has 2 heterocycles. The number of unbranched alkanes of at least 4 members (excludes halogenated alkanes) is 1. The molecule has 4 rings (SSSR count). The molecular formula is C30H35ClN2O2S. The molecule has 2 amide bonds. The largest absolute Gasteiger partial charge is 0.330 e. The van der Waals surface area contributed by atoms with E-state index in [1.165, 1.54) is 16.0 Å². The molecule has 0 aliphatic carbocycles. The Morgan fingerprint density at radius 1 is 1.08 bits per heavy atom. The molecule has 4 nitrogen and oxygen atoms in total. The van der Waals surface area contributed by atoms with Crippen molar-refractivity contribution in [2.45, 2.75) is 65.0 Å². The van der Waals surface area contributed by atoms with Gasteiger partial charge in [0.2, 0.25) is 5.91 Å². The number of benzene rings is 2. The van der Waals surface area contributed by atoms with Gasteiger partial charge in [0.25, 0.3) is 5.91 Å². The zero-order valence-corrected chi connectivity index (χ0v) is 22.9. The number of nitrogens with zero attached hydrogens (tertiary/aromatic N) is 2. The lowest BCUT2D eigenvalue weighted by molar-refractivity contribution is -0.134. The van der Waals surface area contributed by atoms with E-state index in [2.05, 4.69) is 25.3 Å². The summed E-state index contributed by atoms with van der Waals surface area (Å²) in [4.78, 5) is 32.4. The fourth-order valence-electron chi connectivity index (χ4n) is 4.84. The Balaban J connectivity index is 1.58. The van der Waals surface area contributed by atoms with Crippen LogP contribution in [0.25, 0.3) is 0 Å². The summed E-state index contributed by atoms with van der Waals surface area (Å²) in [6, 6.07) is 17.5. The average molecular weight is 523 g/mol. The van der Waals surface area contributed by atoms with Gasteiger partial charge in [0.05, 0.1) is 6.04 Å². The predicted molar refractivity (Wildman–Crippen MR) is 149 cm³/mol. The van der Waals surface area contributed by atoms with E-state index in [1.807, 2.05) is 60.4 Å². The van der Waals surface area contributed by atoms with Crippen molar-refractivity contribution in [2.75, 3.05) is 13.1 Å². The molecule has 2 aromatic carbocycles. The molecule has 190 valence electrons. The van der Waals surface area contributed by atoms with Gasteiger partial charge in [0.1, 0.15) is 6.54 Å². The molecule has 0 fully saturated rings. The molecule has 36 heavy (non-hydrogen) atoms. The number of hydrogen-bond acceptors (Lipinski definition) is 3.